The van der Waals surface area contributed by atoms with Crippen molar-refractivity contribution in [2.24, 2.45) is 0 Å². The second-order valence-corrected chi connectivity index (χ2v) is 5.26. The van der Waals surface area contributed by atoms with Crippen molar-refractivity contribution < 1.29 is 9.53 Å². The number of nitriles is 1. The lowest BCUT2D eigenvalue weighted by atomic mass is 10.1. The molecule has 5 heteroatoms. The number of hydrogen-bond acceptors (Lipinski definition) is 3. The van der Waals surface area contributed by atoms with Crippen molar-refractivity contribution in [1.29, 1.82) is 5.26 Å². The normalized spacial score (nSPS) is 21.5. The average Bonchev–Trinajstić information content (AvgIpc) is 2.82. The molecule has 5 nitrogen and oxygen atoms in total. The average molecular weight is 271 g/mol. The molecule has 1 unspecified atom stereocenters. The van der Waals surface area contributed by atoms with Crippen LogP contribution in [0.1, 0.15) is 18.1 Å². The molecule has 1 aromatic rings. The third kappa shape index (κ3) is 2.12. The summed E-state index contributed by atoms with van der Waals surface area (Å²) in [6.45, 7) is 4.55. The van der Waals surface area contributed by atoms with Crippen molar-refractivity contribution in [3.63, 3.8) is 0 Å². The van der Waals surface area contributed by atoms with Gasteiger partial charge < -0.3 is 9.64 Å². The molecule has 20 heavy (non-hydrogen) atoms. The minimum absolute atomic E-state index is 0.0456. The van der Waals surface area contributed by atoms with Crippen LogP contribution in [0.2, 0.25) is 0 Å². The number of urea groups is 1. The SMILES string of the molecule is CC1Cc2cc(C#N)ccc2N1C(=O)N1CCOCC1. The van der Waals surface area contributed by atoms with E-state index in [-0.39, 0.29) is 12.1 Å². The second-order valence-electron chi connectivity index (χ2n) is 5.26. The van der Waals surface area contributed by atoms with Crippen molar-refractivity contribution in [2.75, 3.05) is 31.2 Å². The van der Waals surface area contributed by atoms with Gasteiger partial charge in [-0.3, -0.25) is 4.90 Å². The van der Waals surface area contributed by atoms with E-state index in [2.05, 4.69) is 6.07 Å². The lowest BCUT2D eigenvalue weighted by Gasteiger charge is -2.33. The van der Waals surface area contributed by atoms with Crippen LogP contribution < -0.4 is 4.90 Å². The zero-order chi connectivity index (χ0) is 14.1. The smallest absolute Gasteiger partial charge is 0.324 e. The van der Waals surface area contributed by atoms with Gasteiger partial charge in [0.2, 0.25) is 0 Å². The summed E-state index contributed by atoms with van der Waals surface area (Å²) in [5.74, 6) is 0. The molecule has 0 bridgehead atoms. The number of hydrogen-bond donors (Lipinski definition) is 0. The van der Waals surface area contributed by atoms with Gasteiger partial charge in [-0.25, -0.2) is 4.79 Å². The van der Waals surface area contributed by atoms with Crippen molar-refractivity contribution in [3.05, 3.63) is 29.3 Å². The number of morpholine rings is 1. The molecule has 1 saturated heterocycles. The first-order valence-corrected chi connectivity index (χ1v) is 6.89. The Morgan fingerprint density at radius 2 is 2.15 bits per heavy atom. The summed E-state index contributed by atoms with van der Waals surface area (Å²) in [4.78, 5) is 16.3. The van der Waals surface area contributed by atoms with E-state index in [1.54, 1.807) is 6.07 Å². The number of nitrogens with zero attached hydrogens (tertiary/aromatic N) is 3. The van der Waals surface area contributed by atoms with Gasteiger partial charge in [0.25, 0.3) is 0 Å². The number of amides is 2. The van der Waals surface area contributed by atoms with E-state index in [1.165, 1.54) is 0 Å². The van der Waals surface area contributed by atoms with Crippen molar-refractivity contribution in [1.82, 2.24) is 4.90 Å². The minimum Gasteiger partial charge on any atom is -0.378 e. The molecule has 1 atom stereocenters. The van der Waals surface area contributed by atoms with Crippen molar-refractivity contribution in [3.8, 4) is 6.07 Å². The summed E-state index contributed by atoms with van der Waals surface area (Å²) in [5, 5.41) is 8.96. The topological polar surface area (TPSA) is 56.6 Å². The summed E-state index contributed by atoms with van der Waals surface area (Å²) in [7, 11) is 0. The van der Waals surface area contributed by atoms with Crippen LogP contribution >= 0.6 is 0 Å². The van der Waals surface area contributed by atoms with E-state index in [9.17, 15) is 4.79 Å². The summed E-state index contributed by atoms with van der Waals surface area (Å²) in [6.07, 6.45) is 0.806. The molecule has 2 aliphatic rings. The van der Waals surface area contributed by atoms with Gasteiger partial charge in [-0.15, -0.1) is 0 Å². The van der Waals surface area contributed by atoms with Gasteiger partial charge in [-0.2, -0.15) is 5.26 Å². The molecule has 2 amide bonds. The van der Waals surface area contributed by atoms with Crippen molar-refractivity contribution >= 4 is 11.7 Å². The highest BCUT2D eigenvalue weighted by atomic mass is 16.5. The lowest BCUT2D eigenvalue weighted by Crippen LogP contribution is -2.50. The maximum absolute atomic E-state index is 12.7. The largest absolute Gasteiger partial charge is 0.378 e. The summed E-state index contributed by atoms with van der Waals surface area (Å²) in [5.41, 5.74) is 2.67. The fourth-order valence-electron chi connectivity index (χ4n) is 2.90. The Morgan fingerprint density at radius 3 is 2.85 bits per heavy atom. The first-order chi connectivity index (χ1) is 9.70. The van der Waals surface area contributed by atoms with Crippen LogP contribution in [0, 0.1) is 11.3 Å². The number of carbonyl (C=O) groups is 1. The molecule has 1 fully saturated rings. The standard InChI is InChI=1S/C15H17N3O2/c1-11-8-13-9-12(10-16)2-3-14(13)18(11)15(19)17-4-6-20-7-5-17/h2-3,9,11H,4-8H2,1H3. The van der Waals surface area contributed by atoms with Gasteiger partial charge >= 0.3 is 6.03 Å². The van der Waals surface area contributed by atoms with Crippen LogP contribution in [0.5, 0.6) is 0 Å². The van der Waals surface area contributed by atoms with E-state index in [0.29, 0.717) is 31.9 Å². The minimum atomic E-state index is 0.0456. The Kier molecular flexibility index (Phi) is 3.33. The predicted octanol–water partition coefficient (Wildman–Crippen LogP) is 1.76. The maximum atomic E-state index is 12.7. The van der Waals surface area contributed by atoms with Crippen molar-refractivity contribution in [2.45, 2.75) is 19.4 Å². The third-order valence-corrected chi connectivity index (χ3v) is 3.91. The first kappa shape index (κ1) is 12.9. The highest BCUT2D eigenvalue weighted by molar-refractivity contribution is 5.95. The van der Waals surface area contributed by atoms with E-state index in [1.807, 2.05) is 28.9 Å². The van der Waals surface area contributed by atoms with Crippen LogP contribution in [-0.4, -0.2) is 43.3 Å². The number of rotatable bonds is 0. The number of fused-ring (bicyclic) bond motifs is 1. The molecule has 104 valence electrons. The van der Waals surface area contributed by atoms with Gasteiger partial charge in [0.1, 0.15) is 0 Å². The number of benzene rings is 1. The van der Waals surface area contributed by atoms with E-state index in [4.69, 9.17) is 10.00 Å². The Labute approximate surface area is 118 Å². The van der Waals surface area contributed by atoms with E-state index >= 15 is 0 Å². The quantitative estimate of drug-likeness (QED) is 0.722. The molecule has 2 heterocycles. The molecule has 0 aliphatic carbocycles. The van der Waals surface area contributed by atoms with Gasteiger partial charge in [0.05, 0.1) is 24.8 Å². The number of carbonyl (C=O) groups excluding carboxylic acids is 1. The Balaban J connectivity index is 1.88. The monoisotopic (exact) mass is 271 g/mol. The maximum Gasteiger partial charge on any atom is 0.324 e. The predicted molar refractivity (Wildman–Crippen MR) is 74.6 cm³/mol. The first-order valence-electron chi connectivity index (χ1n) is 6.89. The molecular weight excluding hydrogens is 254 g/mol. The van der Waals surface area contributed by atoms with Gasteiger partial charge in [0, 0.05) is 24.8 Å². The molecule has 0 saturated carbocycles. The molecule has 0 N–H and O–H groups in total. The fraction of sp³-hybridized carbons (Fsp3) is 0.467. The Morgan fingerprint density at radius 1 is 1.40 bits per heavy atom. The highest BCUT2D eigenvalue weighted by Crippen LogP contribution is 2.33. The molecule has 1 aromatic carbocycles. The Hall–Kier alpha value is -2.06. The summed E-state index contributed by atoms with van der Waals surface area (Å²) in [6, 6.07) is 7.87. The molecule has 3 rings (SSSR count). The molecule has 0 radical (unpaired) electrons. The zero-order valence-corrected chi connectivity index (χ0v) is 11.5. The molecule has 2 aliphatic heterocycles. The second kappa shape index (κ2) is 5.14. The van der Waals surface area contributed by atoms with Crippen LogP contribution in [0.3, 0.4) is 0 Å². The van der Waals surface area contributed by atoms with E-state index < -0.39 is 0 Å². The zero-order valence-electron chi connectivity index (χ0n) is 11.5. The lowest BCUT2D eigenvalue weighted by molar-refractivity contribution is 0.0546. The van der Waals surface area contributed by atoms with Crippen LogP contribution in [-0.2, 0) is 11.2 Å². The summed E-state index contributed by atoms with van der Waals surface area (Å²) < 4.78 is 5.29. The van der Waals surface area contributed by atoms with Crippen LogP contribution in [0.4, 0.5) is 10.5 Å². The van der Waals surface area contributed by atoms with Crippen LogP contribution in [0.15, 0.2) is 18.2 Å². The fourth-order valence-corrected chi connectivity index (χ4v) is 2.90. The van der Waals surface area contributed by atoms with Gasteiger partial charge in [-0.05, 0) is 37.1 Å². The molecule has 0 spiro atoms. The number of anilines is 1. The number of ether oxygens (including phenoxy) is 1. The van der Waals surface area contributed by atoms with Crippen LogP contribution in [0.25, 0.3) is 0 Å². The van der Waals surface area contributed by atoms with Gasteiger partial charge in [0.15, 0.2) is 0 Å². The molecule has 0 aromatic heterocycles. The highest BCUT2D eigenvalue weighted by Gasteiger charge is 2.34. The van der Waals surface area contributed by atoms with Gasteiger partial charge in [-0.1, -0.05) is 0 Å². The molecular formula is C15H17N3O2. The third-order valence-electron chi connectivity index (χ3n) is 3.91. The Bertz CT molecular complexity index is 573. The van der Waals surface area contributed by atoms with E-state index in [0.717, 1.165) is 17.7 Å². The summed E-state index contributed by atoms with van der Waals surface area (Å²) >= 11 is 0.